The third kappa shape index (κ3) is 4.77. The van der Waals surface area contributed by atoms with Gasteiger partial charge in [-0.1, -0.05) is 25.1 Å². The third-order valence-corrected chi connectivity index (χ3v) is 3.89. The molecule has 1 unspecified atom stereocenters. The van der Waals surface area contributed by atoms with Gasteiger partial charge in [-0.3, -0.25) is 0 Å². The molecule has 23 heavy (non-hydrogen) atoms. The van der Waals surface area contributed by atoms with Gasteiger partial charge in [-0.25, -0.2) is 4.39 Å². The van der Waals surface area contributed by atoms with Crippen LogP contribution >= 0.6 is 0 Å². The van der Waals surface area contributed by atoms with Crippen molar-refractivity contribution in [1.29, 1.82) is 0 Å². The summed E-state index contributed by atoms with van der Waals surface area (Å²) in [7, 11) is 1.62. The van der Waals surface area contributed by atoms with Gasteiger partial charge in [0.25, 0.3) is 0 Å². The van der Waals surface area contributed by atoms with Gasteiger partial charge in [0.15, 0.2) is 6.17 Å². The van der Waals surface area contributed by atoms with Crippen molar-refractivity contribution in [2.45, 2.75) is 45.3 Å². The van der Waals surface area contributed by atoms with Gasteiger partial charge in [0, 0.05) is 6.61 Å². The summed E-state index contributed by atoms with van der Waals surface area (Å²) in [6.07, 6.45) is 0.208. The molecule has 0 amide bonds. The lowest BCUT2D eigenvalue weighted by Gasteiger charge is -2.20. The molecule has 0 fully saturated rings. The van der Waals surface area contributed by atoms with Crippen molar-refractivity contribution in [3.05, 3.63) is 41.5 Å². The molecule has 1 aliphatic carbocycles. The van der Waals surface area contributed by atoms with Gasteiger partial charge in [-0.05, 0) is 36.6 Å². The van der Waals surface area contributed by atoms with Gasteiger partial charge in [-0.2, -0.15) is 0 Å². The molecule has 0 aromatic heterocycles. The van der Waals surface area contributed by atoms with E-state index in [2.05, 4.69) is 0 Å². The smallest absolute Gasteiger partial charge is 0.160 e. The third-order valence-electron chi connectivity index (χ3n) is 3.89. The van der Waals surface area contributed by atoms with E-state index in [9.17, 15) is 4.39 Å². The summed E-state index contributed by atoms with van der Waals surface area (Å²) in [4.78, 5) is 0. The largest absolute Gasteiger partial charge is 0.497 e. The minimum absolute atomic E-state index is 0.101. The summed E-state index contributed by atoms with van der Waals surface area (Å²) in [6.45, 7) is 4.86. The van der Waals surface area contributed by atoms with Gasteiger partial charge >= 0.3 is 0 Å². The van der Waals surface area contributed by atoms with Crippen molar-refractivity contribution in [1.82, 2.24) is 0 Å². The van der Waals surface area contributed by atoms with Crippen molar-refractivity contribution in [3.63, 3.8) is 0 Å². The standard InChI is InChI=1S/C18H25FO4/c1-4-14-10-16(17(19)18(14)23-12-21-5-2)22-11-13-6-8-15(20-3)9-7-13/h6-10,16-18H,4-5,11-12H2,1-3H3/t16-,17?,18-/m0/s1. The molecule has 5 heteroatoms. The second-order valence-electron chi connectivity index (χ2n) is 5.36. The van der Waals surface area contributed by atoms with Gasteiger partial charge in [0.05, 0.1) is 13.7 Å². The molecule has 2 rings (SSSR count). The van der Waals surface area contributed by atoms with E-state index in [0.29, 0.717) is 13.2 Å². The average Bonchev–Trinajstić information content (AvgIpc) is 2.89. The van der Waals surface area contributed by atoms with Gasteiger partial charge in [-0.15, -0.1) is 0 Å². The highest BCUT2D eigenvalue weighted by Gasteiger charge is 2.38. The molecule has 3 atom stereocenters. The molecule has 0 bridgehead atoms. The lowest BCUT2D eigenvalue weighted by atomic mass is 10.1. The minimum Gasteiger partial charge on any atom is -0.497 e. The van der Waals surface area contributed by atoms with Crippen molar-refractivity contribution in [3.8, 4) is 5.75 Å². The van der Waals surface area contributed by atoms with E-state index in [1.54, 1.807) is 7.11 Å². The zero-order valence-electron chi connectivity index (χ0n) is 14.0. The van der Waals surface area contributed by atoms with Crippen LogP contribution in [-0.2, 0) is 20.8 Å². The molecule has 128 valence electrons. The maximum absolute atomic E-state index is 14.6. The molecule has 0 aliphatic heterocycles. The number of hydrogen-bond acceptors (Lipinski definition) is 4. The summed E-state index contributed by atoms with van der Waals surface area (Å²) in [6, 6.07) is 7.55. The Morgan fingerprint density at radius 2 is 1.83 bits per heavy atom. The monoisotopic (exact) mass is 324 g/mol. The second kappa shape index (κ2) is 9.01. The number of rotatable bonds is 9. The summed E-state index contributed by atoms with van der Waals surface area (Å²) < 4.78 is 36.1. The lowest BCUT2D eigenvalue weighted by molar-refractivity contribution is -0.108. The Labute approximate surface area is 137 Å². The van der Waals surface area contributed by atoms with Crippen LogP contribution in [0.3, 0.4) is 0 Å². The number of halogens is 1. The normalized spacial score (nSPS) is 23.8. The molecule has 1 aliphatic rings. The number of hydrogen-bond donors (Lipinski definition) is 0. The molecular weight excluding hydrogens is 299 g/mol. The van der Waals surface area contributed by atoms with Gasteiger partial charge in [0.2, 0.25) is 0 Å². The quantitative estimate of drug-likeness (QED) is 0.395. The van der Waals surface area contributed by atoms with E-state index in [-0.39, 0.29) is 6.79 Å². The Kier molecular flexibility index (Phi) is 7.02. The van der Waals surface area contributed by atoms with Crippen LogP contribution in [0.1, 0.15) is 25.8 Å². The van der Waals surface area contributed by atoms with Crippen molar-refractivity contribution in [2.24, 2.45) is 0 Å². The molecule has 0 saturated carbocycles. The summed E-state index contributed by atoms with van der Waals surface area (Å²) >= 11 is 0. The van der Waals surface area contributed by atoms with Crippen molar-refractivity contribution < 1.29 is 23.3 Å². The first-order valence-electron chi connectivity index (χ1n) is 7.98. The summed E-state index contributed by atoms with van der Waals surface area (Å²) in [5, 5.41) is 0. The number of benzene rings is 1. The SMILES string of the molecule is CCOCO[C@H]1C(CC)=C[C@H](OCc2ccc(OC)cc2)C1F. The zero-order chi connectivity index (χ0) is 16.7. The molecular formula is C18H25FO4. The van der Waals surface area contributed by atoms with E-state index in [1.165, 1.54) is 0 Å². The number of alkyl halides is 1. The first kappa shape index (κ1) is 17.9. The maximum Gasteiger partial charge on any atom is 0.160 e. The van der Waals surface area contributed by atoms with Crippen LogP contribution < -0.4 is 4.74 Å². The Balaban J connectivity index is 1.90. The molecule has 1 aromatic carbocycles. The van der Waals surface area contributed by atoms with Crippen LogP contribution in [-0.4, -0.2) is 38.9 Å². The molecule has 0 N–H and O–H groups in total. The Morgan fingerprint density at radius 3 is 2.43 bits per heavy atom. The van der Waals surface area contributed by atoms with E-state index in [4.69, 9.17) is 18.9 Å². The van der Waals surface area contributed by atoms with Crippen molar-refractivity contribution in [2.75, 3.05) is 20.5 Å². The maximum atomic E-state index is 14.6. The van der Waals surface area contributed by atoms with E-state index in [1.807, 2.05) is 44.2 Å². The zero-order valence-corrected chi connectivity index (χ0v) is 14.0. The van der Waals surface area contributed by atoms with Crippen LogP contribution in [0.15, 0.2) is 35.9 Å². The van der Waals surface area contributed by atoms with Crippen molar-refractivity contribution >= 4 is 0 Å². The molecule has 0 spiro atoms. The van der Waals surface area contributed by atoms with E-state index in [0.717, 1.165) is 23.3 Å². The molecule has 1 aromatic rings. The fourth-order valence-corrected chi connectivity index (χ4v) is 2.55. The predicted octanol–water partition coefficient (Wildman–Crippen LogP) is 3.65. The minimum atomic E-state index is -1.20. The van der Waals surface area contributed by atoms with E-state index >= 15 is 0 Å². The first-order valence-corrected chi connectivity index (χ1v) is 7.98. The fourth-order valence-electron chi connectivity index (χ4n) is 2.55. The van der Waals surface area contributed by atoms with Gasteiger partial charge < -0.3 is 18.9 Å². The Hall–Kier alpha value is -1.43. The summed E-state index contributed by atoms with van der Waals surface area (Å²) in [5.41, 5.74) is 1.90. The second-order valence-corrected chi connectivity index (χ2v) is 5.36. The topological polar surface area (TPSA) is 36.9 Å². The predicted molar refractivity (Wildman–Crippen MR) is 86.2 cm³/mol. The lowest BCUT2D eigenvalue weighted by Crippen LogP contribution is -2.32. The average molecular weight is 324 g/mol. The highest BCUT2D eigenvalue weighted by Crippen LogP contribution is 2.30. The van der Waals surface area contributed by atoms with Crippen LogP contribution in [0.2, 0.25) is 0 Å². The van der Waals surface area contributed by atoms with Crippen LogP contribution in [0.5, 0.6) is 5.75 Å². The Bertz CT molecular complexity index is 500. The first-order chi connectivity index (χ1) is 11.2. The van der Waals surface area contributed by atoms with Gasteiger partial charge in [0.1, 0.15) is 24.8 Å². The molecule has 0 heterocycles. The van der Waals surface area contributed by atoms with Crippen LogP contribution in [0.25, 0.3) is 0 Å². The van der Waals surface area contributed by atoms with Crippen LogP contribution in [0, 0.1) is 0 Å². The summed E-state index contributed by atoms with van der Waals surface area (Å²) in [5.74, 6) is 0.788. The number of methoxy groups -OCH3 is 1. The fraction of sp³-hybridized carbons (Fsp3) is 0.556. The number of ether oxygens (including phenoxy) is 4. The van der Waals surface area contributed by atoms with E-state index < -0.39 is 18.4 Å². The highest BCUT2D eigenvalue weighted by molar-refractivity contribution is 5.27. The van der Waals surface area contributed by atoms with Crippen LogP contribution in [0.4, 0.5) is 4.39 Å². The Morgan fingerprint density at radius 1 is 1.09 bits per heavy atom. The molecule has 0 radical (unpaired) electrons. The molecule has 0 saturated heterocycles. The molecule has 4 nitrogen and oxygen atoms in total. The highest BCUT2D eigenvalue weighted by atomic mass is 19.1.